The van der Waals surface area contributed by atoms with Gasteiger partial charge in [-0.05, 0) is 125 Å². The third kappa shape index (κ3) is 14.3. The highest BCUT2D eigenvalue weighted by Crippen LogP contribution is 2.32. The number of Topliss-reactive ketones (excluding diaryl/α,β-unsaturated/α-hetero) is 1. The number of nitrogens with one attached hydrogen (secondary N) is 3. The number of hydroxylamine groups is 1. The number of rotatable bonds is 23. The zero-order valence-corrected chi connectivity index (χ0v) is 40.4. The maximum atomic E-state index is 13.4. The summed E-state index contributed by atoms with van der Waals surface area (Å²) in [6.45, 7) is 18.9. The first-order valence-electron chi connectivity index (χ1n) is 24.5. The van der Waals surface area contributed by atoms with Gasteiger partial charge in [-0.1, -0.05) is 69.2 Å². The number of likely N-dealkylation sites (tertiary alicyclic amines) is 1. The van der Waals surface area contributed by atoms with Crippen LogP contribution in [-0.4, -0.2) is 119 Å². The van der Waals surface area contributed by atoms with E-state index in [2.05, 4.69) is 121 Å². The Morgan fingerprint density at radius 2 is 1.70 bits per heavy atom. The van der Waals surface area contributed by atoms with Gasteiger partial charge in [0.2, 0.25) is 5.95 Å². The van der Waals surface area contributed by atoms with Gasteiger partial charge in [0.1, 0.15) is 12.1 Å². The van der Waals surface area contributed by atoms with Crippen LogP contribution >= 0.6 is 0 Å². The Bertz CT molecular complexity index is 2280. The monoisotopic (exact) mass is 899 g/mol. The lowest BCUT2D eigenvalue weighted by atomic mass is 9.88. The fraction of sp³-hybridized carbons (Fsp3) is 0.509. The molecule has 2 unspecified atom stereocenters. The van der Waals surface area contributed by atoms with Crippen molar-refractivity contribution >= 4 is 40.8 Å². The lowest BCUT2D eigenvalue weighted by Crippen LogP contribution is -2.48. The van der Waals surface area contributed by atoms with Gasteiger partial charge in [-0.15, -0.1) is 0 Å². The molecule has 66 heavy (non-hydrogen) atoms. The molecule has 0 spiro atoms. The minimum absolute atomic E-state index is 0.252. The van der Waals surface area contributed by atoms with E-state index in [4.69, 9.17) is 9.82 Å². The number of piperazine rings is 1. The van der Waals surface area contributed by atoms with Gasteiger partial charge in [0, 0.05) is 87.3 Å². The summed E-state index contributed by atoms with van der Waals surface area (Å²) >= 11 is 0. The quantitative estimate of drug-likeness (QED) is 0.0249. The van der Waals surface area contributed by atoms with Crippen LogP contribution in [-0.2, 0) is 9.63 Å². The second-order valence-electron chi connectivity index (χ2n) is 17.8. The average Bonchev–Trinajstić information content (AvgIpc) is 3.83. The summed E-state index contributed by atoms with van der Waals surface area (Å²) in [5, 5.41) is 11.5. The number of pyridine rings is 1. The molecule has 7 rings (SSSR count). The number of fused-ring (bicyclic) bond motifs is 1. The number of carbonyl (C=O) groups is 2. The Hall–Kier alpha value is -5.34. The fourth-order valence-corrected chi connectivity index (χ4v) is 9.50. The molecule has 0 aliphatic carbocycles. The Morgan fingerprint density at radius 1 is 0.924 bits per heavy atom. The van der Waals surface area contributed by atoms with E-state index in [9.17, 15) is 9.59 Å². The van der Waals surface area contributed by atoms with Gasteiger partial charge in [-0.25, -0.2) is 10.5 Å². The normalized spacial score (nSPS) is 16.2. The molecule has 2 aliphatic heterocycles. The van der Waals surface area contributed by atoms with Gasteiger partial charge >= 0.3 is 0 Å². The van der Waals surface area contributed by atoms with Crippen molar-refractivity contribution in [2.45, 2.75) is 104 Å². The number of aromatic amines is 1. The van der Waals surface area contributed by atoms with Crippen molar-refractivity contribution in [1.29, 1.82) is 0 Å². The second-order valence-corrected chi connectivity index (χ2v) is 17.8. The Labute approximate surface area is 393 Å². The van der Waals surface area contributed by atoms with Crippen molar-refractivity contribution < 1.29 is 14.4 Å². The molecule has 0 bridgehead atoms. The van der Waals surface area contributed by atoms with E-state index in [0.29, 0.717) is 37.2 Å². The predicted molar refractivity (Wildman–Crippen MR) is 269 cm³/mol. The number of ketones is 1. The molecule has 2 saturated heterocycles. The minimum atomic E-state index is -0.363. The topological polar surface area (TPSA) is 144 Å². The number of anilines is 2. The number of aldehydes is 1. The average molecular weight is 899 g/mol. The summed E-state index contributed by atoms with van der Waals surface area (Å²) in [5.41, 5.74) is 11.8. The Morgan fingerprint density at radius 3 is 2.44 bits per heavy atom. The van der Waals surface area contributed by atoms with Gasteiger partial charge in [0.15, 0.2) is 5.78 Å². The molecular formula is C53H74N10O3. The number of benzene rings is 2. The standard InChI is InChI=1S/C51H68N10O3.C2H6/c1-5-8-39(35-60-26-28-61(29-27-60)50-19-23-54-51(57-50)56-45(36-62)10-7-30-64-52-4)9-6-11-49(63)42-14-12-40(13-15-42)41-20-24-59(25-21-41)34-37(2)31-47-38(3)53-22-18-46(47)43-16-17-48-44(32-43)33-55-58-48;1-2/h12-19,22-23,31-33,36,39,41,45,52H,5-11,20-21,24-30,34-35H2,1-4H3,(H,55,58)(H,54,56,57);1-2H3/b37-31+;. The molecule has 13 heteroatoms. The molecule has 5 heterocycles. The molecule has 3 aromatic heterocycles. The summed E-state index contributed by atoms with van der Waals surface area (Å²) in [6.07, 6.45) is 17.3. The second kappa shape index (κ2) is 26.1. The van der Waals surface area contributed by atoms with Gasteiger partial charge in [-0.3, -0.25) is 24.7 Å². The lowest BCUT2D eigenvalue weighted by molar-refractivity contribution is -0.108. The lowest BCUT2D eigenvalue weighted by Gasteiger charge is -2.37. The van der Waals surface area contributed by atoms with Crippen molar-refractivity contribution in [3.63, 3.8) is 0 Å². The van der Waals surface area contributed by atoms with Crippen LogP contribution in [0, 0.1) is 12.8 Å². The molecular weight excluding hydrogens is 825 g/mol. The van der Waals surface area contributed by atoms with Crippen molar-refractivity contribution in [2.24, 2.45) is 5.92 Å². The van der Waals surface area contributed by atoms with Crippen molar-refractivity contribution in [2.75, 3.05) is 76.2 Å². The summed E-state index contributed by atoms with van der Waals surface area (Å²) < 4.78 is 0. The van der Waals surface area contributed by atoms with Crippen LogP contribution in [0.1, 0.15) is 119 Å². The Balaban J connectivity index is 0.00000355. The number of nitrogens with zero attached hydrogens (tertiary/aromatic N) is 7. The number of hydrogen-bond donors (Lipinski definition) is 3. The number of hydrogen-bond acceptors (Lipinski definition) is 12. The molecule has 2 aromatic carbocycles. The van der Waals surface area contributed by atoms with Gasteiger partial charge < -0.3 is 19.8 Å². The van der Waals surface area contributed by atoms with Crippen LogP contribution in [0.5, 0.6) is 0 Å². The molecule has 2 fully saturated rings. The third-order valence-electron chi connectivity index (χ3n) is 13.0. The van der Waals surface area contributed by atoms with E-state index in [-0.39, 0.29) is 11.8 Å². The predicted octanol–water partition coefficient (Wildman–Crippen LogP) is 9.53. The van der Waals surface area contributed by atoms with Crippen molar-refractivity contribution in [3.8, 4) is 11.1 Å². The zero-order chi connectivity index (χ0) is 46.7. The first-order valence-corrected chi connectivity index (χ1v) is 24.5. The van der Waals surface area contributed by atoms with Crippen LogP contribution in [0.2, 0.25) is 0 Å². The third-order valence-corrected chi connectivity index (χ3v) is 13.0. The maximum absolute atomic E-state index is 13.4. The summed E-state index contributed by atoms with van der Waals surface area (Å²) in [5.74, 6) is 2.69. The molecule has 3 N–H and O–H groups in total. The van der Waals surface area contributed by atoms with E-state index in [0.717, 1.165) is 125 Å². The van der Waals surface area contributed by atoms with Gasteiger partial charge in [0.25, 0.3) is 0 Å². The van der Waals surface area contributed by atoms with Crippen LogP contribution < -0.4 is 15.7 Å². The number of carbonyl (C=O) groups excluding carboxylic acids is 2. The molecule has 5 aromatic rings. The highest BCUT2D eigenvalue weighted by molar-refractivity contribution is 5.96. The van der Waals surface area contributed by atoms with Crippen LogP contribution in [0.25, 0.3) is 28.1 Å². The molecule has 354 valence electrons. The van der Waals surface area contributed by atoms with E-state index in [1.807, 2.05) is 32.3 Å². The number of piperidine rings is 1. The first-order chi connectivity index (χ1) is 32.3. The van der Waals surface area contributed by atoms with Gasteiger partial charge in [-0.2, -0.15) is 10.1 Å². The fourth-order valence-electron chi connectivity index (χ4n) is 9.50. The smallest absolute Gasteiger partial charge is 0.225 e. The van der Waals surface area contributed by atoms with Gasteiger partial charge in [0.05, 0.1) is 24.4 Å². The van der Waals surface area contributed by atoms with Crippen LogP contribution in [0.3, 0.4) is 0 Å². The van der Waals surface area contributed by atoms with Crippen molar-refractivity contribution in [1.82, 2.24) is 40.4 Å². The first kappa shape index (κ1) is 50.1. The summed E-state index contributed by atoms with van der Waals surface area (Å²) in [4.78, 5) is 51.4. The highest BCUT2D eigenvalue weighted by Gasteiger charge is 2.24. The van der Waals surface area contributed by atoms with E-state index in [1.54, 1.807) is 13.2 Å². The number of H-pyrrole nitrogens is 1. The molecule has 0 amide bonds. The molecule has 2 aliphatic rings. The SMILES string of the molecule is CC.CCCC(CCCC(=O)c1ccc(C2CCN(C/C(C)=C/c3c(-c4ccc5[nH]ncc5c4)ccnc3C)CC2)cc1)CN1CCN(c2ccnc(NC(C=O)CCCONC)n2)CC1. The maximum Gasteiger partial charge on any atom is 0.225 e. The summed E-state index contributed by atoms with van der Waals surface area (Å²) in [6, 6.07) is 18.7. The largest absolute Gasteiger partial charge is 0.354 e. The van der Waals surface area contributed by atoms with Crippen LogP contribution in [0.4, 0.5) is 11.8 Å². The Kier molecular flexibility index (Phi) is 19.8. The van der Waals surface area contributed by atoms with E-state index >= 15 is 0 Å². The number of aromatic nitrogens is 5. The minimum Gasteiger partial charge on any atom is -0.354 e. The van der Waals surface area contributed by atoms with Crippen molar-refractivity contribution in [3.05, 3.63) is 101 Å². The molecule has 2 atom stereocenters. The molecule has 0 radical (unpaired) electrons. The van der Waals surface area contributed by atoms with E-state index in [1.165, 1.54) is 34.2 Å². The highest BCUT2D eigenvalue weighted by atomic mass is 16.6. The number of aryl methyl sites for hydroxylation is 1. The zero-order valence-electron chi connectivity index (χ0n) is 40.4. The van der Waals surface area contributed by atoms with Crippen LogP contribution in [0.15, 0.2) is 78.8 Å². The summed E-state index contributed by atoms with van der Waals surface area (Å²) in [7, 11) is 1.72. The molecule has 0 saturated carbocycles. The van der Waals surface area contributed by atoms with E-state index < -0.39 is 0 Å². The molecule has 13 nitrogen and oxygen atoms in total.